The van der Waals surface area contributed by atoms with Gasteiger partial charge in [0, 0.05) is 12.6 Å². The predicted octanol–water partition coefficient (Wildman–Crippen LogP) is 0.469. The van der Waals surface area contributed by atoms with Crippen molar-refractivity contribution in [3.63, 3.8) is 0 Å². The van der Waals surface area contributed by atoms with Crippen LogP contribution in [0.2, 0.25) is 0 Å². The van der Waals surface area contributed by atoms with Crippen LogP contribution in [-0.2, 0) is 16.6 Å². The number of nitrogens with one attached hydrogen (secondary N) is 1. The smallest absolute Gasteiger partial charge is 0.250 e. The minimum atomic E-state index is -3.46. The van der Waals surface area contributed by atoms with Crippen LogP contribution in [0.15, 0.2) is 15.7 Å². The summed E-state index contributed by atoms with van der Waals surface area (Å²) in [6.07, 6.45) is 0. The number of hydrogen-bond acceptors (Lipinski definition) is 5. The fraction of sp³-hybridized carbons (Fsp3) is 0.600. The maximum Gasteiger partial charge on any atom is 0.250 e. The summed E-state index contributed by atoms with van der Waals surface area (Å²) in [5.41, 5.74) is 0.621. The van der Waals surface area contributed by atoms with Gasteiger partial charge >= 0.3 is 0 Å². The highest BCUT2D eigenvalue weighted by atomic mass is 32.2. The molecule has 0 aliphatic carbocycles. The molecule has 0 aliphatic heterocycles. The second-order valence-electron chi connectivity index (χ2n) is 4.22. The molecule has 0 saturated heterocycles. The van der Waals surface area contributed by atoms with E-state index in [0.29, 0.717) is 12.1 Å². The molecule has 98 valence electrons. The van der Waals surface area contributed by atoms with E-state index in [2.05, 4.69) is 4.72 Å². The average molecular weight is 278 g/mol. The van der Waals surface area contributed by atoms with Gasteiger partial charge in [-0.3, -0.25) is 0 Å². The molecule has 2 N–H and O–H groups in total. The van der Waals surface area contributed by atoms with Gasteiger partial charge < -0.3 is 10.0 Å². The Labute approximate surface area is 106 Å². The molecule has 0 saturated carbocycles. The molecule has 0 aromatic carbocycles. The van der Waals surface area contributed by atoms with E-state index in [1.54, 1.807) is 5.38 Å². The maximum absolute atomic E-state index is 12.0. The van der Waals surface area contributed by atoms with E-state index in [9.17, 15) is 8.42 Å². The first-order valence-corrected chi connectivity index (χ1v) is 7.56. The number of rotatable bonds is 6. The van der Waals surface area contributed by atoms with Gasteiger partial charge in [-0.1, -0.05) is 0 Å². The summed E-state index contributed by atoms with van der Waals surface area (Å²) in [6, 6.07) is 1.34. The molecule has 7 heteroatoms. The standard InChI is InChI=1S/C10H18N2O3S2/c1-8(5-12(2)3)11-17(14,15)10-4-9(6-13)7-16-10/h4,7-8,11,13H,5-6H2,1-3H3. The summed E-state index contributed by atoms with van der Waals surface area (Å²) < 4.78 is 26.7. The van der Waals surface area contributed by atoms with Gasteiger partial charge in [0.15, 0.2) is 0 Å². The summed E-state index contributed by atoms with van der Waals surface area (Å²) in [5, 5.41) is 10.5. The maximum atomic E-state index is 12.0. The van der Waals surface area contributed by atoms with Crippen molar-refractivity contribution < 1.29 is 13.5 Å². The zero-order valence-electron chi connectivity index (χ0n) is 10.2. The molecule has 1 atom stereocenters. The molecule has 1 aromatic rings. The lowest BCUT2D eigenvalue weighted by atomic mass is 10.3. The number of sulfonamides is 1. The quantitative estimate of drug-likeness (QED) is 0.793. The lowest BCUT2D eigenvalue weighted by Crippen LogP contribution is -2.39. The molecule has 0 radical (unpaired) electrons. The summed E-state index contributed by atoms with van der Waals surface area (Å²) in [6.45, 7) is 2.31. The number of thiophene rings is 1. The van der Waals surface area contributed by atoms with Crippen molar-refractivity contribution in [1.82, 2.24) is 9.62 Å². The van der Waals surface area contributed by atoms with Crippen LogP contribution < -0.4 is 4.72 Å². The van der Waals surface area contributed by atoms with Crippen LogP contribution in [-0.4, -0.2) is 45.1 Å². The second-order valence-corrected chi connectivity index (χ2v) is 7.07. The molecule has 0 aliphatic rings. The van der Waals surface area contributed by atoms with E-state index in [4.69, 9.17) is 5.11 Å². The highest BCUT2D eigenvalue weighted by molar-refractivity contribution is 7.91. The van der Waals surface area contributed by atoms with Crippen LogP contribution in [0, 0.1) is 0 Å². The second kappa shape index (κ2) is 5.92. The number of likely N-dealkylation sites (N-methyl/N-ethyl adjacent to an activating group) is 1. The summed E-state index contributed by atoms with van der Waals surface area (Å²) in [4.78, 5) is 1.92. The Kier molecular flexibility index (Phi) is 5.08. The Bertz CT molecular complexity index is 454. The normalized spacial score (nSPS) is 14.2. The molecular weight excluding hydrogens is 260 g/mol. The summed E-state index contributed by atoms with van der Waals surface area (Å²) in [5.74, 6) is 0. The lowest BCUT2D eigenvalue weighted by molar-refractivity contribution is 0.282. The van der Waals surface area contributed by atoms with E-state index in [1.807, 2.05) is 25.9 Å². The van der Waals surface area contributed by atoms with Gasteiger partial charge in [0.25, 0.3) is 0 Å². The molecule has 0 amide bonds. The van der Waals surface area contributed by atoms with Gasteiger partial charge in [0.05, 0.1) is 6.61 Å². The van der Waals surface area contributed by atoms with E-state index < -0.39 is 10.0 Å². The van der Waals surface area contributed by atoms with Gasteiger partial charge in [-0.2, -0.15) is 0 Å². The van der Waals surface area contributed by atoms with E-state index in [-0.39, 0.29) is 16.9 Å². The molecule has 0 spiro atoms. The highest BCUT2D eigenvalue weighted by Crippen LogP contribution is 2.20. The van der Waals surface area contributed by atoms with E-state index in [1.165, 1.54) is 6.07 Å². The van der Waals surface area contributed by atoms with Crippen molar-refractivity contribution in [3.8, 4) is 0 Å². The number of aliphatic hydroxyl groups excluding tert-OH is 1. The van der Waals surface area contributed by atoms with Gasteiger partial charge in [0.1, 0.15) is 4.21 Å². The van der Waals surface area contributed by atoms with Crippen LogP contribution in [0.1, 0.15) is 12.5 Å². The molecule has 17 heavy (non-hydrogen) atoms. The van der Waals surface area contributed by atoms with Gasteiger partial charge in [-0.05, 0) is 38.0 Å². The van der Waals surface area contributed by atoms with Crippen molar-refractivity contribution >= 4 is 21.4 Å². The Hall–Kier alpha value is -0.470. The molecule has 1 unspecified atom stereocenters. The van der Waals surface area contributed by atoms with Crippen molar-refractivity contribution in [2.45, 2.75) is 23.8 Å². The molecular formula is C10H18N2O3S2. The summed E-state index contributed by atoms with van der Waals surface area (Å²) >= 11 is 1.12. The third-order valence-corrected chi connectivity index (χ3v) is 5.15. The first-order valence-electron chi connectivity index (χ1n) is 5.20. The summed E-state index contributed by atoms with van der Waals surface area (Å²) in [7, 11) is 0.314. The molecule has 1 rings (SSSR count). The third-order valence-electron chi connectivity index (χ3n) is 2.07. The third kappa shape index (κ3) is 4.36. The molecule has 0 bridgehead atoms. The molecule has 1 heterocycles. The molecule has 0 fully saturated rings. The van der Waals surface area contributed by atoms with Gasteiger partial charge in [-0.15, -0.1) is 11.3 Å². The molecule has 1 aromatic heterocycles. The Morgan fingerprint density at radius 2 is 2.18 bits per heavy atom. The first kappa shape index (κ1) is 14.6. The van der Waals surface area contributed by atoms with Gasteiger partial charge in [-0.25, -0.2) is 13.1 Å². The van der Waals surface area contributed by atoms with Crippen LogP contribution in [0.5, 0.6) is 0 Å². The van der Waals surface area contributed by atoms with Crippen LogP contribution in [0.3, 0.4) is 0 Å². The average Bonchev–Trinajstić information content (AvgIpc) is 2.63. The minimum Gasteiger partial charge on any atom is -0.392 e. The highest BCUT2D eigenvalue weighted by Gasteiger charge is 2.19. The Morgan fingerprint density at radius 1 is 1.53 bits per heavy atom. The minimum absolute atomic E-state index is 0.140. The first-order chi connectivity index (χ1) is 7.85. The zero-order valence-corrected chi connectivity index (χ0v) is 11.8. The van der Waals surface area contributed by atoms with Crippen molar-refractivity contribution in [3.05, 3.63) is 17.0 Å². The fourth-order valence-corrected chi connectivity index (χ4v) is 3.94. The van der Waals surface area contributed by atoms with Crippen LogP contribution in [0.4, 0.5) is 0 Å². The Morgan fingerprint density at radius 3 is 2.65 bits per heavy atom. The van der Waals surface area contributed by atoms with Crippen molar-refractivity contribution in [2.75, 3.05) is 20.6 Å². The van der Waals surface area contributed by atoms with E-state index >= 15 is 0 Å². The number of aliphatic hydroxyl groups is 1. The number of hydrogen-bond donors (Lipinski definition) is 2. The van der Waals surface area contributed by atoms with Crippen LogP contribution in [0.25, 0.3) is 0 Å². The fourth-order valence-electron chi connectivity index (χ4n) is 1.48. The lowest BCUT2D eigenvalue weighted by Gasteiger charge is -2.17. The van der Waals surface area contributed by atoms with Crippen molar-refractivity contribution in [1.29, 1.82) is 0 Å². The topological polar surface area (TPSA) is 69.6 Å². The van der Waals surface area contributed by atoms with Crippen molar-refractivity contribution in [2.24, 2.45) is 0 Å². The van der Waals surface area contributed by atoms with Gasteiger partial charge in [0.2, 0.25) is 10.0 Å². The molecule has 5 nitrogen and oxygen atoms in total. The zero-order chi connectivity index (χ0) is 13.1. The monoisotopic (exact) mass is 278 g/mol. The van der Waals surface area contributed by atoms with Crippen LogP contribution >= 0.6 is 11.3 Å². The van der Waals surface area contributed by atoms with E-state index in [0.717, 1.165) is 11.3 Å². The number of nitrogens with zero attached hydrogens (tertiary/aromatic N) is 1. The Balaban J connectivity index is 2.74. The largest absolute Gasteiger partial charge is 0.392 e. The SMILES string of the molecule is CC(CN(C)C)NS(=O)(=O)c1cc(CO)cs1. The predicted molar refractivity (Wildman–Crippen MR) is 68.6 cm³/mol.